The minimum Gasteiger partial charge on any atom is -0.365 e. The summed E-state index contributed by atoms with van der Waals surface area (Å²) in [4.78, 5) is 24.6. The van der Waals surface area contributed by atoms with Crippen molar-refractivity contribution in [3.63, 3.8) is 0 Å². The molecule has 3 N–H and O–H groups in total. The molecule has 0 aliphatic rings. The molecule has 0 saturated heterocycles. The van der Waals surface area contributed by atoms with Gasteiger partial charge >= 0.3 is 6.03 Å². The van der Waals surface area contributed by atoms with Gasteiger partial charge in [-0.25, -0.2) is 4.79 Å². The van der Waals surface area contributed by atoms with Crippen LogP contribution in [0, 0.1) is 5.92 Å². The van der Waals surface area contributed by atoms with Gasteiger partial charge in [0.2, 0.25) is 0 Å². The van der Waals surface area contributed by atoms with Crippen LogP contribution >= 0.6 is 23.3 Å². The summed E-state index contributed by atoms with van der Waals surface area (Å²) in [5.74, 6) is 0.883. The molecule has 0 spiro atoms. The summed E-state index contributed by atoms with van der Waals surface area (Å²) in [6.45, 7) is 4.28. The zero-order chi connectivity index (χ0) is 15.3. The summed E-state index contributed by atoms with van der Waals surface area (Å²) in [5.41, 5.74) is 5.70. The number of hydrogen-bond acceptors (Lipinski definition) is 5. The van der Waals surface area contributed by atoms with Crippen molar-refractivity contribution in [2.45, 2.75) is 25.3 Å². The fourth-order valence-corrected chi connectivity index (χ4v) is 3.48. The Kier molecular flexibility index (Phi) is 6.28. The number of rotatable bonds is 6. The van der Waals surface area contributed by atoms with Gasteiger partial charge in [-0.15, -0.1) is 11.8 Å². The van der Waals surface area contributed by atoms with Gasteiger partial charge in [0.25, 0.3) is 5.91 Å². The molecule has 112 valence electrons. The van der Waals surface area contributed by atoms with Gasteiger partial charge < -0.3 is 10.6 Å². The van der Waals surface area contributed by atoms with Crippen LogP contribution in [0.15, 0.2) is 5.03 Å². The van der Waals surface area contributed by atoms with Gasteiger partial charge in [0.1, 0.15) is 15.6 Å². The number of amides is 3. The lowest BCUT2D eigenvalue weighted by Crippen LogP contribution is -2.28. The number of nitrogens with two attached hydrogens (primary N) is 1. The van der Waals surface area contributed by atoms with Crippen LogP contribution in [0.25, 0.3) is 0 Å². The summed E-state index contributed by atoms with van der Waals surface area (Å²) in [7, 11) is 3.25. The van der Waals surface area contributed by atoms with E-state index in [-0.39, 0.29) is 6.03 Å². The monoisotopic (exact) mass is 316 g/mol. The van der Waals surface area contributed by atoms with Gasteiger partial charge in [-0.3, -0.25) is 10.1 Å². The van der Waals surface area contributed by atoms with Gasteiger partial charge in [-0.05, 0) is 29.6 Å². The molecule has 1 aromatic heterocycles. The Morgan fingerprint density at radius 3 is 2.60 bits per heavy atom. The van der Waals surface area contributed by atoms with Gasteiger partial charge in [-0.1, -0.05) is 13.8 Å². The van der Waals surface area contributed by atoms with Crippen molar-refractivity contribution in [1.29, 1.82) is 0 Å². The van der Waals surface area contributed by atoms with Crippen molar-refractivity contribution in [1.82, 2.24) is 9.27 Å². The molecule has 0 saturated carbocycles. The lowest BCUT2D eigenvalue weighted by molar-refractivity contribution is 0.0998. The topological polar surface area (TPSA) is 88.3 Å². The van der Waals surface area contributed by atoms with Gasteiger partial charge in [0, 0.05) is 14.1 Å². The molecule has 3 amide bonds. The molecular weight excluding hydrogens is 296 g/mol. The molecular formula is C12H20N4O2S2. The largest absolute Gasteiger partial charge is 0.365 e. The zero-order valence-electron chi connectivity index (χ0n) is 12.1. The van der Waals surface area contributed by atoms with E-state index in [0.717, 1.165) is 23.7 Å². The van der Waals surface area contributed by atoms with Crippen molar-refractivity contribution < 1.29 is 9.59 Å². The SMILES string of the molecule is CC(C)CCSc1nsc(NC(=O)N(C)C)c1C(N)=O. The maximum Gasteiger partial charge on any atom is 0.321 e. The van der Waals surface area contributed by atoms with Gasteiger partial charge in [0.15, 0.2) is 0 Å². The Morgan fingerprint density at radius 1 is 1.45 bits per heavy atom. The quantitative estimate of drug-likeness (QED) is 0.789. The van der Waals surface area contributed by atoms with E-state index < -0.39 is 5.91 Å². The predicted molar refractivity (Wildman–Crippen MR) is 83.5 cm³/mol. The van der Waals surface area contributed by atoms with E-state index in [1.807, 2.05) is 0 Å². The number of urea groups is 1. The second-order valence-electron chi connectivity index (χ2n) is 4.91. The summed E-state index contributed by atoms with van der Waals surface area (Å²) in [5, 5.41) is 3.64. The maximum atomic E-state index is 11.6. The summed E-state index contributed by atoms with van der Waals surface area (Å²) in [6.07, 6.45) is 1.03. The summed E-state index contributed by atoms with van der Waals surface area (Å²) >= 11 is 2.57. The third-order valence-corrected chi connectivity index (χ3v) is 4.35. The number of primary amides is 1. The first-order chi connectivity index (χ1) is 9.32. The van der Waals surface area contributed by atoms with Gasteiger partial charge in [-0.2, -0.15) is 4.37 Å². The minimum absolute atomic E-state index is 0.305. The van der Waals surface area contributed by atoms with E-state index in [0.29, 0.717) is 21.5 Å². The number of carbonyl (C=O) groups excluding carboxylic acids is 2. The lowest BCUT2D eigenvalue weighted by atomic mass is 10.2. The van der Waals surface area contributed by atoms with E-state index in [1.54, 1.807) is 14.1 Å². The Morgan fingerprint density at radius 2 is 2.10 bits per heavy atom. The smallest absolute Gasteiger partial charge is 0.321 e. The lowest BCUT2D eigenvalue weighted by Gasteiger charge is -2.11. The van der Waals surface area contributed by atoms with Crippen molar-refractivity contribution in [3.05, 3.63) is 5.56 Å². The molecule has 6 nitrogen and oxygen atoms in total. The fraction of sp³-hybridized carbons (Fsp3) is 0.583. The van der Waals surface area contributed by atoms with E-state index in [1.165, 1.54) is 16.7 Å². The molecule has 1 aromatic rings. The first kappa shape index (κ1) is 16.8. The van der Waals surface area contributed by atoms with E-state index in [4.69, 9.17) is 5.73 Å². The van der Waals surface area contributed by atoms with Crippen LogP contribution in [0.2, 0.25) is 0 Å². The van der Waals surface area contributed by atoms with Crippen molar-refractivity contribution >= 4 is 40.2 Å². The molecule has 1 rings (SSSR count). The Labute approximate surface area is 127 Å². The van der Waals surface area contributed by atoms with Crippen LogP contribution < -0.4 is 11.1 Å². The molecule has 1 heterocycles. The van der Waals surface area contributed by atoms with Crippen LogP contribution in [0.1, 0.15) is 30.6 Å². The highest BCUT2D eigenvalue weighted by Gasteiger charge is 2.21. The van der Waals surface area contributed by atoms with E-state index >= 15 is 0 Å². The van der Waals surface area contributed by atoms with E-state index in [2.05, 4.69) is 23.5 Å². The highest BCUT2D eigenvalue weighted by atomic mass is 32.2. The van der Waals surface area contributed by atoms with Crippen molar-refractivity contribution in [3.8, 4) is 0 Å². The molecule has 0 aromatic carbocycles. The van der Waals surface area contributed by atoms with Gasteiger partial charge in [0.05, 0.1) is 0 Å². The Bertz CT molecular complexity index is 486. The standard InChI is InChI=1S/C12H20N4O2S2/c1-7(2)5-6-19-11-8(9(13)17)10(20-15-11)14-12(18)16(3)4/h7H,5-6H2,1-4H3,(H2,13,17)(H,14,18). The maximum absolute atomic E-state index is 11.6. The molecule has 0 aliphatic carbocycles. The summed E-state index contributed by atoms with van der Waals surface area (Å²) < 4.78 is 4.22. The number of thioether (sulfide) groups is 1. The minimum atomic E-state index is -0.570. The first-order valence-electron chi connectivity index (χ1n) is 6.23. The fourth-order valence-electron chi connectivity index (χ4n) is 1.28. The number of hydrogen-bond donors (Lipinski definition) is 2. The zero-order valence-corrected chi connectivity index (χ0v) is 13.7. The molecule has 20 heavy (non-hydrogen) atoms. The molecule has 8 heteroatoms. The normalized spacial score (nSPS) is 10.7. The second kappa shape index (κ2) is 7.49. The Hall–Kier alpha value is -1.28. The molecule has 0 radical (unpaired) electrons. The highest BCUT2D eigenvalue weighted by Crippen LogP contribution is 2.32. The third-order valence-electron chi connectivity index (χ3n) is 2.47. The number of carbonyl (C=O) groups is 2. The molecule has 0 atom stereocenters. The van der Waals surface area contributed by atoms with Crippen LogP contribution in [0.4, 0.5) is 9.80 Å². The highest BCUT2D eigenvalue weighted by molar-refractivity contribution is 7.99. The molecule has 0 fully saturated rings. The van der Waals surface area contributed by atoms with Crippen LogP contribution in [-0.2, 0) is 0 Å². The molecule has 0 bridgehead atoms. The van der Waals surface area contributed by atoms with Crippen LogP contribution in [-0.4, -0.2) is 41.1 Å². The third kappa shape index (κ3) is 4.68. The number of nitrogens with zero attached hydrogens (tertiary/aromatic N) is 2. The predicted octanol–water partition coefficient (Wildman–Crippen LogP) is 2.47. The number of nitrogens with one attached hydrogen (secondary N) is 1. The summed E-state index contributed by atoms with van der Waals surface area (Å²) in [6, 6.07) is -0.310. The van der Waals surface area contributed by atoms with Crippen molar-refractivity contribution in [2.75, 3.05) is 25.2 Å². The molecule has 0 aliphatic heterocycles. The first-order valence-corrected chi connectivity index (χ1v) is 7.99. The van der Waals surface area contributed by atoms with Crippen molar-refractivity contribution in [2.24, 2.45) is 11.7 Å². The van der Waals surface area contributed by atoms with Crippen LogP contribution in [0.3, 0.4) is 0 Å². The Balaban J connectivity index is 2.84. The number of anilines is 1. The second-order valence-corrected chi connectivity index (χ2v) is 6.77. The molecule has 0 unspecified atom stereocenters. The van der Waals surface area contributed by atoms with E-state index in [9.17, 15) is 9.59 Å². The average molecular weight is 316 g/mol. The van der Waals surface area contributed by atoms with Crippen LogP contribution in [0.5, 0.6) is 0 Å². The average Bonchev–Trinajstić information content (AvgIpc) is 2.71. The number of aromatic nitrogens is 1.